The van der Waals surface area contributed by atoms with Crippen molar-refractivity contribution in [2.45, 2.75) is 218 Å². The van der Waals surface area contributed by atoms with E-state index in [0.29, 0.717) is 32.1 Å². The van der Waals surface area contributed by atoms with Crippen LogP contribution in [0.5, 0.6) is 0 Å². The number of aliphatic hydroxyl groups is 2. The van der Waals surface area contributed by atoms with Crippen LogP contribution in [-0.4, -0.2) is 69.2 Å². The fraction of sp³-hybridized carbons (Fsp3) is 0.844. The smallest absolute Gasteiger partial charge is 0.462 e. The van der Waals surface area contributed by atoms with Crippen LogP contribution >= 0.6 is 7.82 Å². The standard InChI is InChI=1S/C45H81O11P/c1-3-5-7-8-9-10-11-12-13-14-15-16-17-18-19-20-21-22-28-32-45(50)56-39(37-55-57(51,52)53)36-54-44(49)31-27-24-23-26-30-40-41(43(48)35-42(40)47)34-33-38(46)29-25-6-4-2/h23,26,33-34,38-41,43,46,48H,3-22,24-25,27-32,35-37H2,1-2H3,(H2,51,52,53)/b26-23-,34-33+/t38-,39+,40+,41+,43+/m0/s1. The molecule has 0 radical (unpaired) electrons. The van der Waals surface area contributed by atoms with E-state index in [1.165, 1.54) is 96.3 Å². The Balaban J connectivity index is 2.22. The second-order valence-electron chi connectivity index (χ2n) is 16.2. The number of ketones is 1. The zero-order valence-electron chi connectivity index (χ0n) is 35.7. The van der Waals surface area contributed by atoms with Crippen molar-refractivity contribution in [3.05, 3.63) is 24.3 Å². The van der Waals surface area contributed by atoms with E-state index < -0.39 is 44.7 Å². The Kier molecular flexibility index (Phi) is 32.6. The van der Waals surface area contributed by atoms with Gasteiger partial charge in [0, 0.05) is 31.1 Å². The highest BCUT2D eigenvalue weighted by atomic mass is 31.2. The van der Waals surface area contributed by atoms with E-state index in [1.807, 2.05) is 12.2 Å². The lowest BCUT2D eigenvalue weighted by Gasteiger charge is -2.18. The van der Waals surface area contributed by atoms with E-state index >= 15 is 0 Å². The number of allylic oxidation sites excluding steroid dienone is 2. The molecule has 11 nitrogen and oxygen atoms in total. The fourth-order valence-corrected chi connectivity index (χ4v) is 7.72. The van der Waals surface area contributed by atoms with Gasteiger partial charge in [0.05, 0.1) is 18.8 Å². The van der Waals surface area contributed by atoms with Gasteiger partial charge in [-0.05, 0) is 32.1 Å². The first-order valence-corrected chi connectivity index (χ1v) is 24.3. The van der Waals surface area contributed by atoms with Gasteiger partial charge in [0.2, 0.25) is 0 Å². The average Bonchev–Trinajstić information content (AvgIpc) is 3.44. The lowest BCUT2D eigenvalue weighted by molar-refractivity contribution is -0.161. The topological polar surface area (TPSA) is 177 Å². The zero-order valence-corrected chi connectivity index (χ0v) is 36.6. The average molecular weight is 829 g/mol. The summed E-state index contributed by atoms with van der Waals surface area (Å²) in [5.41, 5.74) is 0. The second kappa shape index (κ2) is 34.9. The van der Waals surface area contributed by atoms with Gasteiger partial charge in [-0.3, -0.25) is 18.9 Å². The van der Waals surface area contributed by atoms with Crippen LogP contribution in [0.25, 0.3) is 0 Å². The van der Waals surface area contributed by atoms with Crippen LogP contribution in [0.3, 0.4) is 0 Å². The maximum Gasteiger partial charge on any atom is 0.469 e. The predicted octanol–water partition coefficient (Wildman–Crippen LogP) is 10.6. The molecule has 4 N–H and O–H groups in total. The summed E-state index contributed by atoms with van der Waals surface area (Å²) in [6, 6.07) is 0. The summed E-state index contributed by atoms with van der Waals surface area (Å²) < 4.78 is 26.4. The number of aliphatic hydroxyl groups excluding tert-OH is 2. The number of ether oxygens (including phenoxy) is 2. The van der Waals surface area contributed by atoms with Crippen LogP contribution in [0.15, 0.2) is 24.3 Å². The molecule has 0 amide bonds. The Bertz CT molecular complexity index is 1140. The molecule has 0 bridgehead atoms. The quantitative estimate of drug-likeness (QED) is 0.0202. The molecule has 57 heavy (non-hydrogen) atoms. The molecule has 0 unspecified atom stereocenters. The van der Waals surface area contributed by atoms with E-state index in [2.05, 4.69) is 18.4 Å². The molecule has 12 heteroatoms. The van der Waals surface area contributed by atoms with Crippen molar-refractivity contribution in [1.29, 1.82) is 0 Å². The largest absolute Gasteiger partial charge is 0.469 e. The molecular formula is C45H81O11P. The van der Waals surface area contributed by atoms with Gasteiger partial charge in [0.1, 0.15) is 12.4 Å². The lowest BCUT2D eigenvalue weighted by atomic mass is 9.90. The van der Waals surface area contributed by atoms with Gasteiger partial charge in [-0.15, -0.1) is 0 Å². The Morgan fingerprint density at radius 2 is 1.23 bits per heavy atom. The van der Waals surface area contributed by atoms with Gasteiger partial charge in [-0.1, -0.05) is 173 Å². The number of esters is 2. The van der Waals surface area contributed by atoms with Crippen LogP contribution in [-0.2, 0) is 32.9 Å². The van der Waals surface area contributed by atoms with Crippen molar-refractivity contribution in [2.24, 2.45) is 11.8 Å². The van der Waals surface area contributed by atoms with E-state index in [9.17, 15) is 29.2 Å². The Morgan fingerprint density at radius 3 is 1.77 bits per heavy atom. The van der Waals surface area contributed by atoms with Crippen molar-refractivity contribution < 1.29 is 52.9 Å². The first kappa shape index (κ1) is 53.1. The molecule has 0 saturated heterocycles. The van der Waals surface area contributed by atoms with E-state index in [4.69, 9.17) is 19.3 Å². The number of unbranched alkanes of at least 4 members (excludes halogenated alkanes) is 21. The van der Waals surface area contributed by atoms with Crippen molar-refractivity contribution in [2.75, 3.05) is 13.2 Å². The maximum absolute atomic E-state index is 12.5. The molecule has 0 aliphatic heterocycles. The monoisotopic (exact) mass is 829 g/mol. The summed E-state index contributed by atoms with van der Waals surface area (Å²) in [5, 5.41) is 20.6. The van der Waals surface area contributed by atoms with Crippen molar-refractivity contribution in [1.82, 2.24) is 0 Å². The molecule has 5 atom stereocenters. The highest BCUT2D eigenvalue weighted by Gasteiger charge is 2.39. The van der Waals surface area contributed by atoms with E-state index in [0.717, 1.165) is 38.5 Å². The molecule has 1 aliphatic carbocycles. The zero-order chi connectivity index (χ0) is 42.0. The molecule has 1 aliphatic rings. The van der Waals surface area contributed by atoms with Gasteiger partial charge in [-0.2, -0.15) is 0 Å². The van der Waals surface area contributed by atoms with Crippen LogP contribution in [0, 0.1) is 11.8 Å². The van der Waals surface area contributed by atoms with Gasteiger partial charge < -0.3 is 29.5 Å². The SMILES string of the molecule is CCCCCCCCCCCCCCCCCCCCCC(=O)O[C@H](COC(=O)CCC/C=C\C[C@H]1C(=O)C[C@@H](O)[C@@H]1/C=C/[C@@H](O)CCCCC)COP(=O)(O)O. The number of carbonyl (C=O) groups excluding carboxylic acids is 3. The number of hydrogen-bond donors (Lipinski definition) is 4. The van der Waals surface area contributed by atoms with Gasteiger partial charge in [0.15, 0.2) is 6.10 Å². The van der Waals surface area contributed by atoms with Crippen molar-refractivity contribution in [3.8, 4) is 0 Å². The third kappa shape index (κ3) is 30.8. The van der Waals surface area contributed by atoms with Gasteiger partial charge >= 0.3 is 19.8 Å². The fourth-order valence-electron chi connectivity index (χ4n) is 7.36. The number of hydrogen-bond acceptors (Lipinski definition) is 9. The summed E-state index contributed by atoms with van der Waals surface area (Å²) in [7, 11) is -4.82. The Labute approximate surface area is 345 Å². The summed E-state index contributed by atoms with van der Waals surface area (Å²) in [4.78, 5) is 55.6. The van der Waals surface area contributed by atoms with E-state index in [1.54, 1.807) is 12.2 Å². The van der Waals surface area contributed by atoms with Crippen molar-refractivity contribution >= 4 is 25.5 Å². The number of phosphoric acid groups is 1. The molecule has 0 aromatic rings. The molecule has 0 heterocycles. The first-order valence-electron chi connectivity index (χ1n) is 22.7. The van der Waals surface area contributed by atoms with Crippen molar-refractivity contribution in [3.63, 3.8) is 0 Å². The molecule has 0 aromatic carbocycles. The molecule has 1 saturated carbocycles. The molecule has 1 rings (SSSR count). The third-order valence-corrected chi connectivity index (χ3v) is 11.3. The highest BCUT2D eigenvalue weighted by molar-refractivity contribution is 7.46. The highest BCUT2D eigenvalue weighted by Crippen LogP contribution is 2.36. The number of rotatable bonds is 38. The van der Waals surface area contributed by atoms with Gasteiger partial charge in [-0.25, -0.2) is 4.57 Å². The van der Waals surface area contributed by atoms with E-state index in [-0.39, 0.29) is 43.5 Å². The minimum atomic E-state index is -4.82. The summed E-state index contributed by atoms with van der Waals surface area (Å²) in [5.74, 6) is -1.79. The molecule has 1 fully saturated rings. The second-order valence-corrected chi connectivity index (χ2v) is 17.4. The molecule has 332 valence electrons. The number of phosphoric ester groups is 1. The third-order valence-electron chi connectivity index (χ3n) is 10.8. The minimum absolute atomic E-state index is 0.00517. The molecular weight excluding hydrogens is 747 g/mol. The number of Topliss-reactive ketones (excluding diaryl/α,β-unsaturated/α-hetero) is 1. The maximum atomic E-state index is 12.5. The van der Waals surface area contributed by atoms with Crippen LogP contribution in [0.4, 0.5) is 0 Å². The van der Waals surface area contributed by atoms with Crippen LogP contribution < -0.4 is 0 Å². The predicted molar refractivity (Wildman–Crippen MR) is 226 cm³/mol. The Hall–Kier alpha value is -1.88. The molecule has 0 aromatic heterocycles. The summed E-state index contributed by atoms with van der Waals surface area (Å²) in [6.07, 6.45) is 34.1. The van der Waals surface area contributed by atoms with Gasteiger partial charge in [0.25, 0.3) is 0 Å². The summed E-state index contributed by atoms with van der Waals surface area (Å²) >= 11 is 0. The normalized spacial score (nSPS) is 18.5. The van der Waals surface area contributed by atoms with Crippen LogP contribution in [0.1, 0.15) is 200 Å². The lowest BCUT2D eigenvalue weighted by Crippen LogP contribution is -2.29. The molecule has 0 spiro atoms. The Morgan fingerprint density at radius 1 is 0.719 bits per heavy atom. The summed E-state index contributed by atoms with van der Waals surface area (Å²) in [6.45, 7) is 3.38. The van der Waals surface area contributed by atoms with Crippen LogP contribution in [0.2, 0.25) is 0 Å². The minimum Gasteiger partial charge on any atom is -0.462 e. The first-order chi connectivity index (χ1) is 27.5. The number of carbonyl (C=O) groups is 3.